The van der Waals surface area contributed by atoms with Gasteiger partial charge in [-0.25, -0.2) is 0 Å². The number of furan rings is 1. The van der Waals surface area contributed by atoms with Crippen molar-refractivity contribution >= 4 is 23.1 Å². The molecule has 7 nitrogen and oxygen atoms in total. The molecule has 0 aliphatic carbocycles. The number of anilines is 1. The molecule has 0 N–H and O–H groups in total. The van der Waals surface area contributed by atoms with Crippen molar-refractivity contribution in [1.29, 1.82) is 0 Å². The van der Waals surface area contributed by atoms with Crippen LogP contribution in [-0.4, -0.2) is 36.2 Å². The van der Waals surface area contributed by atoms with Gasteiger partial charge in [0.2, 0.25) is 0 Å². The summed E-state index contributed by atoms with van der Waals surface area (Å²) in [6.07, 6.45) is 2.25. The van der Waals surface area contributed by atoms with Crippen LogP contribution in [0.25, 0.3) is 0 Å². The molecular formula is C23H19N3O4. The fourth-order valence-electron chi connectivity index (χ4n) is 3.91. The molecule has 1 aromatic heterocycles. The number of ketones is 1. The molecule has 3 heterocycles. The number of fused-ring (bicyclic) bond motifs is 1. The van der Waals surface area contributed by atoms with Crippen LogP contribution >= 0.6 is 0 Å². The predicted octanol–water partition coefficient (Wildman–Crippen LogP) is 3.63. The molecule has 0 fully saturated rings. The molecule has 3 aromatic rings. The highest BCUT2D eigenvalue weighted by Crippen LogP contribution is 2.36. The molecule has 0 radical (unpaired) electrons. The molecule has 2 aromatic carbocycles. The van der Waals surface area contributed by atoms with Crippen LogP contribution < -0.4 is 9.64 Å². The zero-order valence-electron chi connectivity index (χ0n) is 16.3. The van der Waals surface area contributed by atoms with Gasteiger partial charge >= 0.3 is 5.91 Å². The minimum Gasteiger partial charge on any atom is -0.497 e. The maximum Gasteiger partial charge on any atom is 0.301 e. The van der Waals surface area contributed by atoms with E-state index < -0.39 is 11.7 Å². The van der Waals surface area contributed by atoms with Crippen LogP contribution in [0.1, 0.15) is 34.1 Å². The number of hydrazone groups is 1. The number of nitrogens with zero attached hydrogens (tertiary/aromatic N) is 3. The molecule has 2 aliphatic heterocycles. The van der Waals surface area contributed by atoms with Crippen LogP contribution in [0, 0.1) is 0 Å². The van der Waals surface area contributed by atoms with Gasteiger partial charge < -0.3 is 9.15 Å². The van der Waals surface area contributed by atoms with Crippen LogP contribution in [-0.2, 0) is 4.79 Å². The summed E-state index contributed by atoms with van der Waals surface area (Å²) >= 11 is 0. The van der Waals surface area contributed by atoms with E-state index in [-0.39, 0.29) is 12.7 Å². The number of amides is 1. The Morgan fingerprint density at radius 1 is 1.07 bits per heavy atom. The summed E-state index contributed by atoms with van der Waals surface area (Å²) in [5.74, 6) is 0.504. The molecule has 2 aliphatic rings. The molecule has 0 saturated carbocycles. The van der Waals surface area contributed by atoms with Gasteiger partial charge in [-0.1, -0.05) is 12.1 Å². The van der Waals surface area contributed by atoms with E-state index in [0.717, 1.165) is 22.8 Å². The van der Waals surface area contributed by atoms with Crippen LogP contribution in [0.15, 0.2) is 76.4 Å². The first-order valence-corrected chi connectivity index (χ1v) is 9.63. The Kier molecular flexibility index (Phi) is 4.35. The van der Waals surface area contributed by atoms with Crippen molar-refractivity contribution in [1.82, 2.24) is 5.01 Å². The Balaban J connectivity index is 1.48. The van der Waals surface area contributed by atoms with E-state index >= 15 is 0 Å². The normalized spacial score (nSPS) is 18.0. The number of rotatable bonds is 5. The van der Waals surface area contributed by atoms with Crippen LogP contribution in [0.5, 0.6) is 5.75 Å². The van der Waals surface area contributed by atoms with Gasteiger partial charge in [-0.2, -0.15) is 5.10 Å². The molecule has 5 rings (SSSR count). The molecule has 150 valence electrons. The Morgan fingerprint density at radius 3 is 2.60 bits per heavy atom. The second-order valence-corrected chi connectivity index (χ2v) is 7.17. The zero-order valence-corrected chi connectivity index (χ0v) is 16.3. The first kappa shape index (κ1) is 18.2. The molecule has 1 atom stereocenters. The number of methoxy groups -OCH3 is 1. The van der Waals surface area contributed by atoms with Gasteiger partial charge in [-0.05, 0) is 54.1 Å². The highest BCUT2D eigenvalue weighted by molar-refractivity contribution is 6.52. The maximum atomic E-state index is 12.6. The van der Waals surface area contributed by atoms with Gasteiger partial charge in [0.15, 0.2) is 0 Å². The SMILES string of the molecule is COc1ccc(C2=NN(CN3C(=O)C(=O)c4ccccc43)[C@H](c3ccco3)C2)cc1. The molecule has 30 heavy (non-hydrogen) atoms. The van der Waals surface area contributed by atoms with E-state index in [1.807, 2.05) is 47.5 Å². The fraction of sp³-hybridized carbons (Fsp3) is 0.174. The molecule has 0 saturated heterocycles. The topological polar surface area (TPSA) is 75.3 Å². The van der Waals surface area contributed by atoms with Crippen LogP contribution in [0.3, 0.4) is 0 Å². The fourth-order valence-corrected chi connectivity index (χ4v) is 3.91. The van der Waals surface area contributed by atoms with Gasteiger partial charge in [0.25, 0.3) is 5.78 Å². The van der Waals surface area contributed by atoms with Crippen LogP contribution in [0.2, 0.25) is 0 Å². The van der Waals surface area contributed by atoms with Crippen molar-refractivity contribution in [3.63, 3.8) is 0 Å². The first-order valence-electron chi connectivity index (χ1n) is 9.63. The van der Waals surface area contributed by atoms with Crippen molar-refractivity contribution in [2.75, 3.05) is 18.7 Å². The van der Waals surface area contributed by atoms with E-state index in [1.54, 1.807) is 31.6 Å². The van der Waals surface area contributed by atoms with Crippen molar-refractivity contribution in [2.45, 2.75) is 12.5 Å². The Bertz CT molecular complexity index is 1140. The summed E-state index contributed by atoms with van der Waals surface area (Å²) in [5, 5.41) is 6.60. The van der Waals surface area contributed by atoms with Gasteiger partial charge in [-0.15, -0.1) is 0 Å². The van der Waals surface area contributed by atoms with Gasteiger partial charge in [0.05, 0.1) is 30.3 Å². The lowest BCUT2D eigenvalue weighted by molar-refractivity contribution is -0.114. The smallest absolute Gasteiger partial charge is 0.301 e. The number of Topliss-reactive ketones (excluding diaryl/α,β-unsaturated/α-hetero) is 1. The highest BCUT2D eigenvalue weighted by atomic mass is 16.5. The highest BCUT2D eigenvalue weighted by Gasteiger charge is 2.39. The average Bonchev–Trinajstić information content (AvgIpc) is 3.50. The second kappa shape index (κ2) is 7.18. The van der Waals surface area contributed by atoms with E-state index in [9.17, 15) is 9.59 Å². The lowest BCUT2D eigenvalue weighted by Gasteiger charge is -2.27. The molecule has 1 amide bonds. The standard InChI is InChI=1S/C23H19N3O4/c1-29-16-10-8-15(9-11-16)18-13-20(21-7-4-12-30-21)26(24-18)14-25-19-6-3-2-5-17(19)22(27)23(25)28/h2-12,20H,13-14H2,1H3/t20-/m0/s1. The third-order valence-corrected chi connectivity index (χ3v) is 5.46. The molecule has 0 spiro atoms. The first-order chi connectivity index (χ1) is 14.7. The summed E-state index contributed by atoms with van der Waals surface area (Å²) in [7, 11) is 1.63. The third-order valence-electron chi connectivity index (χ3n) is 5.46. The summed E-state index contributed by atoms with van der Waals surface area (Å²) in [4.78, 5) is 26.5. The third kappa shape index (κ3) is 2.95. The minimum atomic E-state index is -0.539. The lowest BCUT2D eigenvalue weighted by atomic mass is 10.0. The van der Waals surface area contributed by atoms with E-state index in [4.69, 9.17) is 14.3 Å². The van der Waals surface area contributed by atoms with Crippen molar-refractivity contribution in [3.8, 4) is 5.75 Å². The molecule has 0 unspecified atom stereocenters. The second-order valence-electron chi connectivity index (χ2n) is 7.17. The van der Waals surface area contributed by atoms with Gasteiger partial charge in [-0.3, -0.25) is 19.5 Å². The summed E-state index contributed by atoms with van der Waals surface area (Å²) in [5.41, 5.74) is 2.89. The average molecular weight is 401 g/mol. The van der Waals surface area contributed by atoms with Crippen molar-refractivity contribution in [3.05, 3.63) is 83.8 Å². The van der Waals surface area contributed by atoms with Crippen LogP contribution in [0.4, 0.5) is 5.69 Å². The zero-order chi connectivity index (χ0) is 20.7. The number of benzene rings is 2. The van der Waals surface area contributed by atoms with Gasteiger partial charge in [0.1, 0.15) is 24.2 Å². The lowest BCUT2D eigenvalue weighted by Crippen LogP contribution is -2.39. The largest absolute Gasteiger partial charge is 0.497 e. The predicted molar refractivity (Wildman–Crippen MR) is 111 cm³/mol. The summed E-state index contributed by atoms with van der Waals surface area (Å²) in [6, 6.07) is 18.3. The van der Waals surface area contributed by atoms with Crippen molar-refractivity contribution < 1.29 is 18.7 Å². The number of hydrogen-bond donors (Lipinski definition) is 0. The summed E-state index contributed by atoms with van der Waals surface area (Å²) < 4.78 is 10.9. The summed E-state index contributed by atoms with van der Waals surface area (Å²) in [6.45, 7) is 0.159. The van der Waals surface area contributed by atoms with E-state index in [1.165, 1.54) is 4.90 Å². The van der Waals surface area contributed by atoms with E-state index in [0.29, 0.717) is 17.7 Å². The monoisotopic (exact) mass is 401 g/mol. The van der Waals surface area contributed by atoms with Crippen molar-refractivity contribution in [2.24, 2.45) is 5.10 Å². The molecular weight excluding hydrogens is 382 g/mol. The Hall–Kier alpha value is -3.87. The number of ether oxygens (including phenoxy) is 1. The number of carbonyl (C=O) groups excluding carboxylic acids is 2. The number of para-hydroxylation sites is 1. The minimum absolute atomic E-state index is 0.159. The molecule has 0 bridgehead atoms. The quantitative estimate of drug-likeness (QED) is 0.611. The number of carbonyl (C=O) groups is 2. The molecule has 7 heteroatoms. The van der Waals surface area contributed by atoms with E-state index in [2.05, 4.69) is 0 Å². The number of hydrogen-bond acceptors (Lipinski definition) is 6. The Labute approximate surface area is 173 Å². The van der Waals surface area contributed by atoms with Gasteiger partial charge in [0, 0.05) is 6.42 Å². The Morgan fingerprint density at radius 2 is 1.87 bits per heavy atom. The maximum absolute atomic E-state index is 12.6.